The minimum absolute atomic E-state index is 0.0698. The van der Waals surface area contributed by atoms with Crippen LogP contribution < -0.4 is 4.74 Å². The Hall–Kier alpha value is -2.67. The van der Waals surface area contributed by atoms with E-state index in [2.05, 4.69) is 0 Å². The summed E-state index contributed by atoms with van der Waals surface area (Å²) in [7, 11) is 0. The van der Waals surface area contributed by atoms with Crippen LogP contribution in [0, 0.1) is 0 Å². The number of benzene rings is 2. The summed E-state index contributed by atoms with van der Waals surface area (Å²) in [4.78, 5) is 33.5. The second-order valence-corrected chi connectivity index (χ2v) is 6.90. The third-order valence-corrected chi connectivity index (χ3v) is 4.88. The molecule has 0 amide bonds. The van der Waals surface area contributed by atoms with Crippen molar-refractivity contribution in [2.24, 2.45) is 0 Å². The third kappa shape index (κ3) is 6.00. The first-order chi connectivity index (χ1) is 12.5. The Bertz CT molecular complexity index is 769. The molecule has 26 heavy (non-hydrogen) atoms. The first-order valence-electron chi connectivity index (χ1n) is 7.52. The first-order valence-corrected chi connectivity index (χ1v) is 9.58. The Morgan fingerprint density at radius 3 is 1.81 bits per heavy atom. The fourth-order valence-corrected chi connectivity index (χ4v) is 3.18. The van der Waals surface area contributed by atoms with Gasteiger partial charge in [-0.1, -0.05) is 0 Å². The van der Waals surface area contributed by atoms with Crippen molar-refractivity contribution < 1.29 is 34.1 Å². The SMILES string of the molecule is O=C(O)c1ccc(OCCOC[Se]C(=O)c2ccc(C(=O)O)cc2)cc1. The number of carboxylic acid groups (broad SMARTS) is 2. The summed E-state index contributed by atoms with van der Waals surface area (Å²) < 4.78 is 10.7. The fourth-order valence-electron chi connectivity index (χ4n) is 1.90. The molecule has 136 valence electrons. The van der Waals surface area contributed by atoms with E-state index in [1.54, 1.807) is 12.1 Å². The van der Waals surface area contributed by atoms with Crippen LogP contribution in [0.3, 0.4) is 0 Å². The molecular weight excluding hydrogens is 407 g/mol. The van der Waals surface area contributed by atoms with E-state index < -0.39 is 26.9 Å². The molecular formula is C18H16O7Se. The first kappa shape index (κ1) is 19.7. The van der Waals surface area contributed by atoms with Gasteiger partial charge in [0.2, 0.25) is 0 Å². The van der Waals surface area contributed by atoms with Crippen LogP contribution in [0.5, 0.6) is 5.75 Å². The quantitative estimate of drug-likeness (QED) is 0.444. The average molecular weight is 423 g/mol. The van der Waals surface area contributed by atoms with Crippen molar-refractivity contribution in [3.8, 4) is 5.75 Å². The summed E-state index contributed by atoms with van der Waals surface area (Å²) in [5.74, 6) is -1.49. The second kappa shape index (κ2) is 9.72. The van der Waals surface area contributed by atoms with Gasteiger partial charge in [0.1, 0.15) is 0 Å². The number of hydrogen-bond acceptors (Lipinski definition) is 5. The van der Waals surface area contributed by atoms with Crippen molar-refractivity contribution in [1.82, 2.24) is 0 Å². The van der Waals surface area contributed by atoms with Gasteiger partial charge in [-0.25, -0.2) is 0 Å². The van der Waals surface area contributed by atoms with E-state index in [0.717, 1.165) is 0 Å². The summed E-state index contributed by atoms with van der Waals surface area (Å²) in [6, 6.07) is 11.8. The van der Waals surface area contributed by atoms with Crippen LogP contribution in [0.2, 0.25) is 0 Å². The van der Waals surface area contributed by atoms with Gasteiger partial charge in [-0.3, -0.25) is 0 Å². The summed E-state index contributed by atoms with van der Waals surface area (Å²) in [5, 5.41) is 17.6. The molecule has 8 heteroatoms. The molecule has 2 N–H and O–H groups in total. The molecule has 0 aliphatic heterocycles. The van der Waals surface area contributed by atoms with Gasteiger partial charge in [-0.15, -0.1) is 0 Å². The van der Waals surface area contributed by atoms with Gasteiger partial charge in [0.05, 0.1) is 0 Å². The summed E-state index contributed by atoms with van der Waals surface area (Å²) in [5.41, 5.74) is 1.08. The summed E-state index contributed by atoms with van der Waals surface area (Å²) in [6.07, 6.45) is 0. The van der Waals surface area contributed by atoms with Crippen molar-refractivity contribution in [2.45, 2.75) is 0 Å². The number of rotatable bonds is 10. The standard InChI is InChI=1S/C18H16O7Se/c19-16(20)12-1-3-14(4-2-12)18(23)26-11-24-9-10-25-15-7-5-13(6-8-15)17(21)22/h1-8H,9-11H2,(H,19,20)(H,21,22). The molecule has 0 radical (unpaired) electrons. The average Bonchev–Trinajstić information content (AvgIpc) is 2.64. The molecule has 0 saturated heterocycles. The summed E-state index contributed by atoms with van der Waals surface area (Å²) >= 11 is -0.409. The van der Waals surface area contributed by atoms with Crippen LogP contribution in [0.25, 0.3) is 0 Å². The van der Waals surface area contributed by atoms with E-state index in [-0.39, 0.29) is 27.9 Å². The van der Waals surface area contributed by atoms with E-state index >= 15 is 0 Å². The topological polar surface area (TPSA) is 110 Å². The number of ether oxygens (including phenoxy) is 2. The van der Waals surface area contributed by atoms with Gasteiger partial charge in [-0.05, 0) is 0 Å². The van der Waals surface area contributed by atoms with Crippen LogP contribution in [0.1, 0.15) is 31.1 Å². The molecule has 0 heterocycles. The molecule has 0 aliphatic carbocycles. The molecule has 0 atom stereocenters. The minimum atomic E-state index is -1.03. The monoisotopic (exact) mass is 424 g/mol. The van der Waals surface area contributed by atoms with Crippen molar-refractivity contribution in [3.05, 3.63) is 65.2 Å². The Balaban J connectivity index is 1.64. The number of aromatic carboxylic acids is 2. The van der Waals surface area contributed by atoms with Crippen molar-refractivity contribution in [1.29, 1.82) is 0 Å². The van der Waals surface area contributed by atoms with Crippen LogP contribution in [0.4, 0.5) is 0 Å². The van der Waals surface area contributed by atoms with Crippen LogP contribution in [0.15, 0.2) is 48.5 Å². The van der Waals surface area contributed by atoms with Gasteiger partial charge in [0.15, 0.2) is 0 Å². The van der Waals surface area contributed by atoms with E-state index in [1.165, 1.54) is 36.4 Å². The van der Waals surface area contributed by atoms with Crippen LogP contribution >= 0.6 is 0 Å². The van der Waals surface area contributed by atoms with Gasteiger partial charge < -0.3 is 0 Å². The molecule has 0 saturated carbocycles. The molecule has 7 nitrogen and oxygen atoms in total. The maximum absolute atomic E-state index is 12.0. The zero-order chi connectivity index (χ0) is 18.9. The van der Waals surface area contributed by atoms with Gasteiger partial charge >= 0.3 is 155 Å². The van der Waals surface area contributed by atoms with Crippen LogP contribution in [-0.2, 0) is 4.74 Å². The van der Waals surface area contributed by atoms with E-state index in [4.69, 9.17) is 19.7 Å². The van der Waals surface area contributed by atoms with Crippen molar-refractivity contribution in [2.75, 3.05) is 18.7 Å². The number of hydrogen-bond donors (Lipinski definition) is 2. The second-order valence-electron chi connectivity index (χ2n) is 5.02. The molecule has 0 aromatic heterocycles. The zero-order valence-electron chi connectivity index (χ0n) is 13.6. The molecule has 0 aliphatic rings. The number of carboxylic acids is 2. The number of carbonyl (C=O) groups excluding carboxylic acids is 1. The maximum atomic E-state index is 12.0. The Kier molecular flexibility index (Phi) is 7.35. The zero-order valence-corrected chi connectivity index (χ0v) is 15.3. The summed E-state index contributed by atoms with van der Waals surface area (Å²) in [6.45, 7) is 0.581. The Labute approximate surface area is 155 Å². The van der Waals surface area contributed by atoms with E-state index in [1.807, 2.05) is 0 Å². The fraction of sp³-hybridized carbons (Fsp3) is 0.167. The van der Waals surface area contributed by atoms with Crippen LogP contribution in [-0.4, -0.2) is 60.5 Å². The van der Waals surface area contributed by atoms with Crippen molar-refractivity contribution >= 4 is 31.6 Å². The Morgan fingerprint density at radius 1 is 0.769 bits per heavy atom. The molecule has 0 fully saturated rings. The molecule has 0 bridgehead atoms. The predicted octanol–water partition coefficient (Wildman–Crippen LogP) is 1.98. The van der Waals surface area contributed by atoms with Gasteiger partial charge in [0, 0.05) is 0 Å². The van der Waals surface area contributed by atoms with E-state index in [0.29, 0.717) is 17.9 Å². The predicted molar refractivity (Wildman–Crippen MR) is 93.2 cm³/mol. The molecule has 0 unspecified atom stereocenters. The molecule has 2 aromatic rings. The third-order valence-electron chi connectivity index (χ3n) is 3.24. The normalized spacial score (nSPS) is 10.3. The molecule has 2 aromatic carbocycles. The number of carbonyl (C=O) groups is 3. The van der Waals surface area contributed by atoms with E-state index in [9.17, 15) is 14.4 Å². The van der Waals surface area contributed by atoms with Gasteiger partial charge in [-0.2, -0.15) is 0 Å². The van der Waals surface area contributed by atoms with Crippen molar-refractivity contribution in [3.63, 3.8) is 0 Å². The van der Waals surface area contributed by atoms with Gasteiger partial charge in [0.25, 0.3) is 0 Å². The molecule has 2 rings (SSSR count). The Morgan fingerprint density at radius 2 is 1.27 bits per heavy atom. The molecule has 0 spiro atoms.